The number of halogens is 2. The molecule has 2 aromatic rings. The maximum absolute atomic E-state index is 13.8. The minimum atomic E-state index is -0.808. The summed E-state index contributed by atoms with van der Waals surface area (Å²) in [6.07, 6.45) is -0.808. The summed E-state index contributed by atoms with van der Waals surface area (Å²) in [6.45, 7) is 5.76. The molecule has 2 nitrogen and oxygen atoms in total. The van der Waals surface area contributed by atoms with Crippen LogP contribution in [0.25, 0.3) is 0 Å². The molecule has 0 amide bonds. The molecule has 0 aliphatic heterocycles. The van der Waals surface area contributed by atoms with Gasteiger partial charge in [0.25, 0.3) is 0 Å². The number of benzene rings is 2. The molecule has 0 bridgehead atoms. The Labute approximate surface area is 123 Å². The van der Waals surface area contributed by atoms with Crippen LogP contribution in [0.3, 0.4) is 0 Å². The van der Waals surface area contributed by atoms with E-state index >= 15 is 0 Å². The van der Waals surface area contributed by atoms with E-state index in [1.807, 2.05) is 11.8 Å². The van der Waals surface area contributed by atoms with Gasteiger partial charge in [-0.2, -0.15) is 0 Å². The molecule has 0 unspecified atom stereocenters. The first-order chi connectivity index (χ1) is 9.93. The number of aliphatic hydroxyl groups is 1. The maximum Gasteiger partial charge on any atom is 0.126 e. The highest BCUT2D eigenvalue weighted by molar-refractivity contribution is 5.67. The van der Waals surface area contributed by atoms with E-state index in [4.69, 9.17) is 0 Å². The third-order valence-electron chi connectivity index (χ3n) is 3.48. The van der Waals surface area contributed by atoms with E-state index in [-0.39, 0.29) is 11.6 Å². The third-order valence-corrected chi connectivity index (χ3v) is 3.48. The van der Waals surface area contributed by atoms with Crippen LogP contribution < -0.4 is 4.90 Å². The fourth-order valence-corrected chi connectivity index (χ4v) is 2.39. The van der Waals surface area contributed by atoms with E-state index in [1.165, 1.54) is 18.2 Å². The van der Waals surface area contributed by atoms with E-state index in [0.29, 0.717) is 29.0 Å². The number of anilines is 2. The third kappa shape index (κ3) is 3.22. The molecule has 0 radical (unpaired) electrons. The van der Waals surface area contributed by atoms with Gasteiger partial charge in [0.05, 0.1) is 6.10 Å². The second-order valence-electron chi connectivity index (χ2n) is 5.06. The fourth-order valence-electron chi connectivity index (χ4n) is 2.39. The van der Waals surface area contributed by atoms with Gasteiger partial charge in [0.15, 0.2) is 0 Å². The van der Waals surface area contributed by atoms with Crippen LogP contribution in [0.4, 0.5) is 20.2 Å². The number of rotatable bonds is 4. The van der Waals surface area contributed by atoms with Gasteiger partial charge in [0.1, 0.15) is 11.6 Å². The zero-order chi connectivity index (χ0) is 15.6. The molecule has 0 fully saturated rings. The molecule has 1 N–H and O–H groups in total. The summed E-state index contributed by atoms with van der Waals surface area (Å²) in [7, 11) is 0. The molecule has 0 aliphatic rings. The SMILES string of the molecule is CCN(c1cccc(F)c1)c1cc(C)c(F)cc1[C@H](C)O. The van der Waals surface area contributed by atoms with Crippen LogP contribution in [0.5, 0.6) is 0 Å². The van der Waals surface area contributed by atoms with Crippen molar-refractivity contribution in [1.82, 2.24) is 0 Å². The topological polar surface area (TPSA) is 23.5 Å². The number of aliphatic hydroxyl groups excluding tert-OH is 1. The molecular formula is C17H19F2NO. The van der Waals surface area contributed by atoms with Gasteiger partial charge >= 0.3 is 0 Å². The number of aryl methyl sites for hydroxylation is 1. The van der Waals surface area contributed by atoms with Crippen molar-refractivity contribution in [2.45, 2.75) is 26.9 Å². The molecule has 0 heterocycles. The summed E-state index contributed by atoms with van der Waals surface area (Å²) < 4.78 is 27.2. The van der Waals surface area contributed by atoms with Gasteiger partial charge < -0.3 is 10.0 Å². The smallest absolute Gasteiger partial charge is 0.126 e. The van der Waals surface area contributed by atoms with Gasteiger partial charge in [0, 0.05) is 23.5 Å². The first-order valence-corrected chi connectivity index (χ1v) is 6.95. The Morgan fingerprint density at radius 1 is 1.19 bits per heavy atom. The number of nitrogens with zero attached hydrogens (tertiary/aromatic N) is 1. The minimum absolute atomic E-state index is 0.330. The summed E-state index contributed by atoms with van der Waals surface area (Å²) in [5, 5.41) is 9.90. The summed E-state index contributed by atoms with van der Waals surface area (Å²) in [6, 6.07) is 9.25. The van der Waals surface area contributed by atoms with Crippen molar-refractivity contribution < 1.29 is 13.9 Å². The van der Waals surface area contributed by atoms with Gasteiger partial charge in [0.2, 0.25) is 0 Å². The van der Waals surface area contributed by atoms with Gasteiger partial charge in [-0.25, -0.2) is 8.78 Å². The molecule has 112 valence electrons. The average molecular weight is 291 g/mol. The first kappa shape index (κ1) is 15.4. The Morgan fingerprint density at radius 3 is 2.48 bits per heavy atom. The van der Waals surface area contributed by atoms with Crippen molar-refractivity contribution in [3.63, 3.8) is 0 Å². The molecule has 0 saturated carbocycles. The predicted molar refractivity (Wildman–Crippen MR) is 80.9 cm³/mol. The van der Waals surface area contributed by atoms with Crippen molar-refractivity contribution in [2.24, 2.45) is 0 Å². The van der Waals surface area contributed by atoms with Crippen LogP contribution in [0.15, 0.2) is 36.4 Å². The molecule has 1 atom stereocenters. The van der Waals surface area contributed by atoms with Crippen molar-refractivity contribution in [2.75, 3.05) is 11.4 Å². The Hall–Kier alpha value is -1.94. The molecule has 0 saturated heterocycles. The van der Waals surface area contributed by atoms with Gasteiger partial charge in [-0.3, -0.25) is 0 Å². The lowest BCUT2D eigenvalue weighted by Gasteiger charge is -2.27. The molecule has 4 heteroatoms. The molecule has 2 aromatic carbocycles. The van der Waals surface area contributed by atoms with Crippen LogP contribution in [0, 0.1) is 18.6 Å². The molecule has 2 rings (SSSR count). The van der Waals surface area contributed by atoms with Gasteiger partial charge in [-0.15, -0.1) is 0 Å². The van der Waals surface area contributed by atoms with E-state index in [2.05, 4.69) is 0 Å². The van der Waals surface area contributed by atoms with Crippen molar-refractivity contribution in [3.05, 3.63) is 59.2 Å². The maximum atomic E-state index is 13.8. The normalized spacial score (nSPS) is 12.3. The lowest BCUT2D eigenvalue weighted by atomic mass is 10.0. The van der Waals surface area contributed by atoms with Gasteiger partial charge in [-0.1, -0.05) is 6.07 Å². The van der Waals surface area contributed by atoms with E-state index < -0.39 is 6.10 Å². The van der Waals surface area contributed by atoms with Gasteiger partial charge in [-0.05, 0) is 56.7 Å². The second kappa shape index (κ2) is 6.22. The fraction of sp³-hybridized carbons (Fsp3) is 0.294. The first-order valence-electron chi connectivity index (χ1n) is 6.95. The zero-order valence-corrected chi connectivity index (χ0v) is 12.4. The Kier molecular flexibility index (Phi) is 4.58. The molecular weight excluding hydrogens is 272 g/mol. The molecule has 21 heavy (non-hydrogen) atoms. The van der Waals surface area contributed by atoms with Crippen LogP contribution in [-0.4, -0.2) is 11.7 Å². The Morgan fingerprint density at radius 2 is 1.90 bits per heavy atom. The number of hydrogen-bond acceptors (Lipinski definition) is 2. The largest absolute Gasteiger partial charge is 0.389 e. The zero-order valence-electron chi connectivity index (χ0n) is 12.4. The quantitative estimate of drug-likeness (QED) is 0.897. The van der Waals surface area contributed by atoms with Crippen LogP contribution in [0.2, 0.25) is 0 Å². The standard InChI is InChI=1S/C17H19F2NO/c1-4-20(14-7-5-6-13(18)9-14)17-8-11(2)16(19)10-15(17)12(3)21/h5-10,12,21H,4H2,1-3H3/t12-/m0/s1. The van der Waals surface area contributed by atoms with Crippen molar-refractivity contribution in [1.29, 1.82) is 0 Å². The average Bonchev–Trinajstić information content (AvgIpc) is 2.43. The molecule has 0 spiro atoms. The highest BCUT2D eigenvalue weighted by Gasteiger charge is 2.17. The lowest BCUT2D eigenvalue weighted by molar-refractivity contribution is 0.199. The van der Waals surface area contributed by atoms with E-state index in [1.54, 1.807) is 32.0 Å². The highest BCUT2D eigenvalue weighted by Crippen LogP contribution is 2.34. The van der Waals surface area contributed by atoms with Crippen molar-refractivity contribution >= 4 is 11.4 Å². The summed E-state index contributed by atoms with van der Waals surface area (Å²) in [5.74, 6) is -0.687. The molecule has 0 aliphatic carbocycles. The predicted octanol–water partition coefficient (Wildman–Crippen LogP) is 4.48. The summed E-state index contributed by atoms with van der Waals surface area (Å²) in [4.78, 5) is 1.86. The summed E-state index contributed by atoms with van der Waals surface area (Å²) >= 11 is 0. The molecule has 0 aromatic heterocycles. The highest BCUT2D eigenvalue weighted by atomic mass is 19.1. The van der Waals surface area contributed by atoms with E-state index in [0.717, 1.165) is 0 Å². The van der Waals surface area contributed by atoms with Crippen LogP contribution in [0.1, 0.15) is 31.1 Å². The van der Waals surface area contributed by atoms with Crippen LogP contribution >= 0.6 is 0 Å². The Bertz CT molecular complexity index is 641. The van der Waals surface area contributed by atoms with Crippen molar-refractivity contribution in [3.8, 4) is 0 Å². The van der Waals surface area contributed by atoms with Crippen LogP contribution in [-0.2, 0) is 0 Å². The number of hydrogen-bond donors (Lipinski definition) is 1. The Balaban J connectivity index is 2.59. The monoisotopic (exact) mass is 291 g/mol. The minimum Gasteiger partial charge on any atom is -0.389 e. The van der Waals surface area contributed by atoms with E-state index in [9.17, 15) is 13.9 Å². The summed E-state index contributed by atoms with van der Waals surface area (Å²) in [5.41, 5.74) is 2.34. The second-order valence-corrected chi connectivity index (χ2v) is 5.06. The lowest BCUT2D eigenvalue weighted by Crippen LogP contribution is -2.19.